The number of carbonyl (C=O) groups is 1. The van der Waals surface area contributed by atoms with E-state index in [1.54, 1.807) is 0 Å². The van der Waals surface area contributed by atoms with Crippen LogP contribution in [0.15, 0.2) is 18.2 Å². The van der Waals surface area contributed by atoms with Gasteiger partial charge in [0.25, 0.3) is 0 Å². The Morgan fingerprint density at radius 1 is 1.29 bits per heavy atom. The van der Waals surface area contributed by atoms with Gasteiger partial charge in [-0.3, -0.25) is 4.79 Å². The second-order valence-corrected chi connectivity index (χ2v) is 4.55. The van der Waals surface area contributed by atoms with Crippen LogP contribution in [0.3, 0.4) is 0 Å². The number of hydrogen-bond donors (Lipinski definition) is 3. The minimum absolute atomic E-state index is 0.0122. The van der Waals surface area contributed by atoms with E-state index in [2.05, 4.69) is 10.6 Å². The summed E-state index contributed by atoms with van der Waals surface area (Å²) < 4.78 is 0. The molecule has 1 aromatic rings. The van der Waals surface area contributed by atoms with Gasteiger partial charge in [-0.25, -0.2) is 0 Å². The van der Waals surface area contributed by atoms with E-state index < -0.39 is 0 Å². The van der Waals surface area contributed by atoms with Crippen molar-refractivity contribution in [1.82, 2.24) is 5.32 Å². The fourth-order valence-corrected chi connectivity index (χ4v) is 1.52. The Kier molecular flexibility index (Phi) is 4.37. The Morgan fingerprint density at radius 3 is 2.53 bits per heavy atom. The third-order valence-corrected chi connectivity index (χ3v) is 2.57. The quantitative estimate of drug-likeness (QED) is 0.698. The van der Waals surface area contributed by atoms with Crippen LogP contribution >= 0.6 is 0 Å². The van der Waals surface area contributed by atoms with E-state index >= 15 is 0 Å². The van der Waals surface area contributed by atoms with Crippen LogP contribution in [-0.2, 0) is 4.79 Å². The third kappa shape index (κ3) is 3.66. The highest BCUT2D eigenvalue weighted by atomic mass is 16.2. The minimum atomic E-state index is -0.280. The lowest BCUT2D eigenvalue weighted by Crippen LogP contribution is -2.41. The third-order valence-electron chi connectivity index (χ3n) is 2.57. The summed E-state index contributed by atoms with van der Waals surface area (Å²) in [6, 6.07) is 5.51. The van der Waals surface area contributed by atoms with Crippen molar-refractivity contribution in [3.8, 4) is 0 Å². The zero-order chi connectivity index (χ0) is 13.0. The Labute approximate surface area is 103 Å². The van der Waals surface area contributed by atoms with Crippen molar-refractivity contribution in [2.24, 2.45) is 0 Å². The van der Waals surface area contributed by atoms with Crippen molar-refractivity contribution in [3.63, 3.8) is 0 Å². The first-order valence-corrected chi connectivity index (χ1v) is 5.83. The predicted octanol–water partition coefficient (Wildman–Crippen LogP) is 1.90. The maximum atomic E-state index is 11.7. The smallest absolute Gasteiger partial charge is 0.242 e. The first-order valence-electron chi connectivity index (χ1n) is 5.83. The molecule has 0 fully saturated rings. The standard InChI is InChI=1S/C13H21N3O/c1-8(2)15-13(17)10(4)16-12-7-5-6-11(14)9(12)3/h5-8,10,16H,14H2,1-4H3,(H,15,17). The van der Waals surface area contributed by atoms with Crippen molar-refractivity contribution in [2.45, 2.75) is 39.8 Å². The molecule has 0 bridgehead atoms. The summed E-state index contributed by atoms with van der Waals surface area (Å²) in [6.07, 6.45) is 0. The van der Waals surface area contributed by atoms with Gasteiger partial charge in [0.1, 0.15) is 6.04 Å². The van der Waals surface area contributed by atoms with E-state index in [9.17, 15) is 4.79 Å². The Hall–Kier alpha value is -1.71. The van der Waals surface area contributed by atoms with Crippen LogP contribution in [0.25, 0.3) is 0 Å². The number of benzene rings is 1. The summed E-state index contributed by atoms with van der Waals surface area (Å²) in [5.41, 5.74) is 8.41. The SMILES string of the molecule is Cc1c(N)cccc1NC(C)C(=O)NC(C)C. The number of rotatable bonds is 4. The molecule has 0 spiro atoms. The summed E-state index contributed by atoms with van der Waals surface area (Å²) in [4.78, 5) is 11.7. The summed E-state index contributed by atoms with van der Waals surface area (Å²) in [5.74, 6) is -0.0122. The molecule has 0 aliphatic heterocycles. The molecule has 0 saturated carbocycles. The van der Waals surface area contributed by atoms with Gasteiger partial charge in [0.05, 0.1) is 0 Å². The molecule has 4 nitrogen and oxygen atoms in total. The Bertz CT molecular complexity index is 402. The number of nitrogens with one attached hydrogen (secondary N) is 2. The molecular formula is C13H21N3O. The molecule has 1 rings (SSSR count). The topological polar surface area (TPSA) is 67.1 Å². The van der Waals surface area contributed by atoms with E-state index in [1.165, 1.54) is 0 Å². The van der Waals surface area contributed by atoms with Gasteiger partial charge in [-0.15, -0.1) is 0 Å². The van der Waals surface area contributed by atoms with Gasteiger partial charge < -0.3 is 16.4 Å². The Morgan fingerprint density at radius 2 is 1.94 bits per heavy atom. The maximum absolute atomic E-state index is 11.7. The Balaban J connectivity index is 2.71. The molecule has 0 heterocycles. The van der Waals surface area contributed by atoms with E-state index in [-0.39, 0.29) is 18.0 Å². The van der Waals surface area contributed by atoms with Crippen molar-refractivity contribution in [3.05, 3.63) is 23.8 Å². The minimum Gasteiger partial charge on any atom is -0.398 e. The maximum Gasteiger partial charge on any atom is 0.242 e. The molecule has 0 saturated heterocycles. The number of nitrogen functional groups attached to an aromatic ring is 1. The molecule has 1 unspecified atom stereocenters. The molecule has 0 aliphatic carbocycles. The van der Waals surface area contributed by atoms with Crippen LogP contribution in [0.4, 0.5) is 11.4 Å². The highest BCUT2D eigenvalue weighted by molar-refractivity contribution is 5.85. The van der Waals surface area contributed by atoms with Crippen LogP contribution in [0, 0.1) is 6.92 Å². The fraction of sp³-hybridized carbons (Fsp3) is 0.462. The fourth-order valence-electron chi connectivity index (χ4n) is 1.52. The normalized spacial score (nSPS) is 12.3. The first-order chi connectivity index (χ1) is 7.91. The summed E-state index contributed by atoms with van der Waals surface area (Å²) in [6.45, 7) is 7.65. The molecule has 0 radical (unpaired) electrons. The van der Waals surface area contributed by atoms with Gasteiger partial charge in [0.15, 0.2) is 0 Å². The number of nitrogens with two attached hydrogens (primary N) is 1. The zero-order valence-electron chi connectivity index (χ0n) is 10.9. The molecule has 1 amide bonds. The summed E-state index contributed by atoms with van der Waals surface area (Å²) >= 11 is 0. The van der Waals surface area contributed by atoms with E-state index in [1.807, 2.05) is 45.9 Å². The number of amides is 1. The van der Waals surface area contributed by atoms with E-state index in [0.29, 0.717) is 0 Å². The van der Waals surface area contributed by atoms with Crippen molar-refractivity contribution < 1.29 is 4.79 Å². The highest BCUT2D eigenvalue weighted by Gasteiger charge is 2.14. The van der Waals surface area contributed by atoms with Crippen LogP contribution in [0.2, 0.25) is 0 Å². The molecule has 0 aliphatic rings. The molecule has 1 aromatic carbocycles. The van der Waals surface area contributed by atoms with Gasteiger partial charge >= 0.3 is 0 Å². The summed E-state index contributed by atoms with van der Waals surface area (Å²) in [7, 11) is 0. The van der Waals surface area contributed by atoms with Gasteiger partial charge in [-0.2, -0.15) is 0 Å². The average molecular weight is 235 g/mol. The van der Waals surface area contributed by atoms with E-state index in [0.717, 1.165) is 16.9 Å². The van der Waals surface area contributed by atoms with Gasteiger partial charge in [-0.1, -0.05) is 6.07 Å². The lowest BCUT2D eigenvalue weighted by Gasteiger charge is -2.18. The van der Waals surface area contributed by atoms with E-state index in [4.69, 9.17) is 5.73 Å². The van der Waals surface area contributed by atoms with Gasteiger partial charge in [-0.05, 0) is 45.4 Å². The summed E-state index contributed by atoms with van der Waals surface area (Å²) in [5, 5.41) is 6.03. The van der Waals surface area contributed by atoms with Crippen molar-refractivity contribution >= 4 is 17.3 Å². The van der Waals surface area contributed by atoms with Gasteiger partial charge in [0, 0.05) is 17.4 Å². The number of anilines is 2. The van der Waals surface area contributed by atoms with Crippen LogP contribution in [-0.4, -0.2) is 18.0 Å². The lowest BCUT2D eigenvalue weighted by molar-refractivity contribution is -0.122. The molecular weight excluding hydrogens is 214 g/mol. The second kappa shape index (κ2) is 5.57. The highest BCUT2D eigenvalue weighted by Crippen LogP contribution is 2.21. The lowest BCUT2D eigenvalue weighted by atomic mass is 10.1. The van der Waals surface area contributed by atoms with Crippen LogP contribution in [0.5, 0.6) is 0 Å². The van der Waals surface area contributed by atoms with Crippen LogP contribution in [0.1, 0.15) is 26.3 Å². The molecule has 17 heavy (non-hydrogen) atoms. The molecule has 94 valence electrons. The predicted molar refractivity (Wildman–Crippen MR) is 72.0 cm³/mol. The van der Waals surface area contributed by atoms with Gasteiger partial charge in [0.2, 0.25) is 5.91 Å². The molecule has 4 N–H and O–H groups in total. The monoisotopic (exact) mass is 235 g/mol. The molecule has 1 atom stereocenters. The first kappa shape index (κ1) is 13.4. The molecule has 4 heteroatoms. The largest absolute Gasteiger partial charge is 0.398 e. The van der Waals surface area contributed by atoms with Crippen molar-refractivity contribution in [2.75, 3.05) is 11.1 Å². The zero-order valence-corrected chi connectivity index (χ0v) is 10.9. The molecule has 0 aromatic heterocycles. The van der Waals surface area contributed by atoms with Crippen molar-refractivity contribution in [1.29, 1.82) is 0 Å². The number of carbonyl (C=O) groups excluding carboxylic acids is 1. The van der Waals surface area contributed by atoms with Crippen LogP contribution < -0.4 is 16.4 Å². The second-order valence-electron chi connectivity index (χ2n) is 4.55. The average Bonchev–Trinajstić information content (AvgIpc) is 2.23. The number of hydrogen-bond acceptors (Lipinski definition) is 3.